The number of para-hydroxylation sites is 2. The number of aromatic amines is 1. The lowest BCUT2D eigenvalue weighted by molar-refractivity contribution is -0.106. The third-order valence-corrected chi connectivity index (χ3v) is 4.17. The van der Waals surface area contributed by atoms with Crippen LogP contribution >= 0.6 is 11.3 Å². The molecule has 1 amide bonds. The molecule has 0 atom stereocenters. The van der Waals surface area contributed by atoms with Crippen LogP contribution < -0.4 is 11.1 Å². The Labute approximate surface area is 140 Å². The van der Waals surface area contributed by atoms with Gasteiger partial charge in [-0.25, -0.2) is 14.4 Å². The van der Waals surface area contributed by atoms with Crippen LogP contribution in [0.3, 0.4) is 0 Å². The van der Waals surface area contributed by atoms with Crippen LogP contribution in [-0.2, 0) is 11.3 Å². The van der Waals surface area contributed by atoms with E-state index in [2.05, 4.69) is 26.0 Å². The summed E-state index contributed by atoms with van der Waals surface area (Å²) >= 11 is 1.43. The van der Waals surface area contributed by atoms with Gasteiger partial charge in [0.05, 0.1) is 27.8 Å². The summed E-state index contributed by atoms with van der Waals surface area (Å²) in [4.78, 5) is 20.8. The lowest BCUT2D eigenvalue weighted by Crippen LogP contribution is -2.00. The van der Waals surface area contributed by atoms with E-state index in [1.807, 2.05) is 24.3 Å². The van der Waals surface area contributed by atoms with E-state index in [4.69, 9.17) is 4.79 Å². The monoisotopic (exact) mass is 343 g/mol. The summed E-state index contributed by atoms with van der Waals surface area (Å²) in [5, 5.41) is 3.98. The molecular formula is C16H14FN5OS. The van der Waals surface area contributed by atoms with E-state index >= 15 is 0 Å². The number of hydrogen-bond donors (Lipinski definition) is 3. The first-order valence-electron chi connectivity index (χ1n) is 7.08. The van der Waals surface area contributed by atoms with Crippen LogP contribution in [-0.4, -0.2) is 21.4 Å². The van der Waals surface area contributed by atoms with E-state index < -0.39 is 0 Å². The summed E-state index contributed by atoms with van der Waals surface area (Å²) in [6.45, 7) is 0.553. The fourth-order valence-corrected chi connectivity index (χ4v) is 3.11. The van der Waals surface area contributed by atoms with Gasteiger partial charge in [-0.3, -0.25) is 4.79 Å². The quantitative estimate of drug-likeness (QED) is 0.498. The minimum Gasteiger partial charge on any atom is -0.372 e. The minimum atomic E-state index is -0.241. The molecule has 2 aromatic heterocycles. The Hall–Kier alpha value is -3.00. The van der Waals surface area contributed by atoms with Gasteiger partial charge in [-0.05, 0) is 30.3 Å². The zero-order valence-electron chi connectivity index (χ0n) is 12.5. The smallest absolute Gasteiger partial charge is 0.204 e. The normalized spacial score (nSPS) is 10.4. The number of carbonyl (C=O) groups is 1. The Morgan fingerprint density at radius 1 is 1.21 bits per heavy atom. The number of H-pyrrole nitrogens is 1. The molecule has 0 radical (unpaired) electrons. The van der Waals surface area contributed by atoms with Gasteiger partial charge in [-0.15, -0.1) is 0 Å². The number of primary amides is 1. The fourth-order valence-electron chi connectivity index (χ4n) is 2.22. The number of fused-ring (bicyclic) bond motifs is 2. The molecule has 6 nitrogen and oxygen atoms in total. The maximum absolute atomic E-state index is 13.2. The molecule has 0 fully saturated rings. The predicted octanol–water partition coefficient (Wildman–Crippen LogP) is 3.03. The number of halogens is 1. The molecule has 0 aliphatic carbocycles. The number of amides is 1. The Bertz CT molecular complexity index is 948. The maximum Gasteiger partial charge on any atom is 0.204 e. The molecule has 0 bridgehead atoms. The van der Waals surface area contributed by atoms with E-state index in [1.54, 1.807) is 6.07 Å². The second-order valence-corrected chi connectivity index (χ2v) is 5.85. The van der Waals surface area contributed by atoms with E-state index in [0.29, 0.717) is 6.54 Å². The Balaban J connectivity index is 0.000000526. The van der Waals surface area contributed by atoms with E-state index in [9.17, 15) is 4.39 Å². The molecule has 2 heterocycles. The Morgan fingerprint density at radius 2 is 2.00 bits per heavy atom. The number of anilines is 1. The summed E-state index contributed by atoms with van der Waals surface area (Å²) in [6, 6.07) is 12.5. The zero-order valence-corrected chi connectivity index (χ0v) is 13.3. The van der Waals surface area contributed by atoms with E-state index in [1.165, 1.54) is 23.5 Å². The highest BCUT2D eigenvalue weighted by molar-refractivity contribution is 7.22. The Morgan fingerprint density at radius 3 is 2.79 bits per heavy atom. The molecule has 8 heteroatoms. The average molecular weight is 343 g/mol. The molecule has 0 unspecified atom stereocenters. The van der Waals surface area contributed by atoms with Crippen molar-refractivity contribution >= 4 is 44.1 Å². The lowest BCUT2D eigenvalue weighted by atomic mass is 10.3. The third kappa shape index (κ3) is 3.49. The predicted molar refractivity (Wildman–Crippen MR) is 93.2 cm³/mol. The van der Waals surface area contributed by atoms with Gasteiger partial charge >= 0.3 is 0 Å². The van der Waals surface area contributed by atoms with E-state index in [-0.39, 0.29) is 12.2 Å². The summed E-state index contributed by atoms with van der Waals surface area (Å²) in [5.41, 5.74) is 6.93. The van der Waals surface area contributed by atoms with Crippen molar-refractivity contribution in [1.29, 1.82) is 0 Å². The van der Waals surface area contributed by atoms with Crippen molar-refractivity contribution in [3.05, 3.63) is 54.1 Å². The van der Waals surface area contributed by atoms with Crippen LogP contribution in [0.5, 0.6) is 0 Å². The molecule has 4 aromatic rings. The van der Waals surface area contributed by atoms with Crippen LogP contribution in [0.2, 0.25) is 0 Å². The van der Waals surface area contributed by atoms with Crippen LogP contribution in [0, 0.1) is 5.82 Å². The standard InChI is InChI=1S/C15H11FN4S.CH3NO/c16-9-5-6-12-13(7-9)21-15(20-12)17-8-14-18-10-3-1-2-4-11(10)19-14;2-1-3/h1-7H,8H2,(H,17,20)(H,18,19);1H,(H2,2,3). The number of benzene rings is 2. The summed E-state index contributed by atoms with van der Waals surface area (Å²) in [6.07, 6.45) is 0.250. The number of thiazole rings is 1. The number of carbonyl (C=O) groups excluding carboxylic acids is 1. The van der Waals surface area contributed by atoms with Gasteiger partial charge < -0.3 is 16.0 Å². The summed E-state index contributed by atoms with van der Waals surface area (Å²) in [7, 11) is 0. The molecule has 0 saturated carbocycles. The highest BCUT2D eigenvalue weighted by atomic mass is 32.1. The number of hydrogen-bond acceptors (Lipinski definition) is 5. The fraction of sp³-hybridized carbons (Fsp3) is 0.0625. The number of nitrogens with zero attached hydrogens (tertiary/aromatic N) is 2. The SMILES string of the molecule is Fc1ccc2nc(NCc3nc4ccccc4[nH]3)sc2c1.NC=O. The van der Waals surface area contributed by atoms with Crippen molar-refractivity contribution in [2.75, 3.05) is 5.32 Å². The number of nitrogens with two attached hydrogens (primary N) is 1. The molecule has 24 heavy (non-hydrogen) atoms. The molecule has 0 saturated heterocycles. The van der Waals surface area contributed by atoms with Crippen LogP contribution in [0.15, 0.2) is 42.5 Å². The highest BCUT2D eigenvalue weighted by Crippen LogP contribution is 2.26. The van der Waals surface area contributed by atoms with Gasteiger partial charge in [0.1, 0.15) is 11.6 Å². The number of aromatic nitrogens is 3. The molecule has 4 N–H and O–H groups in total. The van der Waals surface area contributed by atoms with Crippen molar-refractivity contribution in [2.45, 2.75) is 6.54 Å². The van der Waals surface area contributed by atoms with Gasteiger partial charge in [-0.2, -0.15) is 0 Å². The topological polar surface area (TPSA) is 96.7 Å². The highest BCUT2D eigenvalue weighted by Gasteiger charge is 2.06. The van der Waals surface area contributed by atoms with Crippen molar-refractivity contribution < 1.29 is 9.18 Å². The van der Waals surface area contributed by atoms with Crippen molar-refractivity contribution in [1.82, 2.24) is 15.0 Å². The van der Waals surface area contributed by atoms with Gasteiger partial charge in [0, 0.05) is 0 Å². The van der Waals surface area contributed by atoms with Crippen molar-refractivity contribution in [3.63, 3.8) is 0 Å². The summed E-state index contributed by atoms with van der Waals surface area (Å²) < 4.78 is 14.0. The molecule has 4 rings (SSSR count). The third-order valence-electron chi connectivity index (χ3n) is 3.20. The van der Waals surface area contributed by atoms with Crippen molar-refractivity contribution in [3.8, 4) is 0 Å². The van der Waals surface area contributed by atoms with Crippen LogP contribution in [0.4, 0.5) is 9.52 Å². The minimum absolute atomic E-state index is 0.241. The molecule has 0 aliphatic heterocycles. The Kier molecular flexibility index (Phi) is 4.66. The summed E-state index contributed by atoms with van der Waals surface area (Å²) in [5.74, 6) is 0.608. The number of rotatable bonds is 3. The number of nitrogens with one attached hydrogen (secondary N) is 2. The van der Waals surface area contributed by atoms with Gasteiger partial charge in [-0.1, -0.05) is 23.5 Å². The average Bonchev–Trinajstić information content (AvgIpc) is 3.16. The molecule has 0 aliphatic rings. The second-order valence-electron chi connectivity index (χ2n) is 4.82. The van der Waals surface area contributed by atoms with Crippen LogP contribution in [0.25, 0.3) is 21.3 Å². The first-order valence-corrected chi connectivity index (χ1v) is 7.90. The molecule has 0 spiro atoms. The first-order chi connectivity index (χ1) is 11.7. The largest absolute Gasteiger partial charge is 0.372 e. The van der Waals surface area contributed by atoms with Gasteiger partial charge in [0.15, 0.2) is 5.13 Å². The van der Waals surface area contributed by atoms with Crippen LogP contribution in [0.1, 0.15) is 5.82 Å². The van der Waals surface area contributed by atoms with Crippen molar-refractivity contribution in [2.24, 2.45) is 5.73 Å². The lowest BCUT2D eigenvalue weighted by Gasteiger charge is -1.97. The maximum atomic E-state index is 13.2. The first kappa shape index (κ1) is 15.9. The molecule has 122 valence electrons. The van der Waals surface area contributed by atoms with E-state index in [0.717, 1.165) is 32.2 Å². The number of imidazole rings is 1. The molecule has 2 aromatic carbocycles. The second kappa shape index (κ2) is 7.05. The molecular weight excluding hydrogens is 329 g/mol. The zero-order chi connectivity index (χ0) is 16.9. The van der Waals surface area contributed by atoms with Gasteiger partial charge in [0.2, 0.25) is 6.41 Å². The van der Waals surface area contributed by atoms with Gasteiger partial charge in [0.25, 0.3) is 0 Å².